The first-order valence-corrected chi connectivity index (χ1v) is 6.54. The van der Waals surface area contributed by atoms with Gasteiger partial charge in [0.25, 0.3) is 5.89 Å². The minimum atomic E-state index is 0.0957. The molecule has 108 valence electrons. The number of aryl methyl sites for hydroxylation is 1. The maximum absolute atomic E-state index is 8.77. The zero-order chi connectivity index (χ0) is 14.7. The first-order chi connectivity index (χ1) is 10.3. The van der Waals surface area contributed by atoms with Gasteiger partial charge < -0.3 is 19.5 Å². The van der Waals surface area contributed by atoms with Crippen molar-refractivity contribution in [2.45, 2.75) is 0 Å². The highest BCUT2D eigenvalue weighted by atomic mass is 16.5. The zero-order valence-electron chi connectivity index (χ0n) is 11.5. The fourth-order valence-corrected chi connectivity index (χ4v) is 1.94. The fraction of sp³-hybridized carbons (Fsp3) is 0.214. The van der Waals surface area contributed by atoms with E-state index in [1.165, 1.54) is 0 Å². The molecule has 2 aromatic heterocycles. The highest BCUT2D eigenvalue weighted by Gasteiger charge is 2.13. The average molecular weight is 285 g/mol. The maximum Gasteiger partial charge on any atom is 0.258 e. The second kappa shape index (κ2) is 5.76. The summed E-state index contributed by atoms with van der Waals surface area (Å²) in [4.78, 5) is 8.54. The van der Waals surface area contributed by atoms with Crippen molar-refractivity contribution in [2.75, 3.05) is 18.5 Å². The Morgan fingerprint density at radius 1 is 1.29 bits per heavy atom. The van der Waals surface area contributed by atoms with E-state index in [2.05, 4.69) is 20.4 Å². The molecule has 7 heteroatoms. The molecule has 0 unspecified atom stereocenters. The van der Waals surface area contributed by atoms with Crippen LogP contribution in [-0.4, -0.2) is 37.9 Å². The Morgan fingerprint density at radius 3 is 2.76 bits per heavy atom. The average Bonchev–Trinajstić information content (AvgIpc) is 3.14. The van der Waals surface area contributed by atoms with E-state index in [0.29, 0.717) is 24.1 Å². The highest BCUT2D eigenvalue weighted by molar-refractivity contribution is 5.60. The van der Waals surface area contributed by atoms with Gasteiger partial charge in [0.1, 0.15) is 0 Å². The van der Waals surface area contributed by atoms with Crippen LogP contribution in [-0.2, 0) is 7.05 Å². The van der Waals surface area contributed by atoms with Crippen molar-refractivity contribution in [1.82, 2.24) is 19.7 Å². The Morgan fingerprint density at radius 2 is 2.10 bits per heavy atom. The van der Waals surface area contributed by atoms with Crippen LogP contribution in [0.3, 0.4) is 0 Å². The van der Waals surface area contributed by atoms with Gasteiger partial charge in [-0.3, -0.25) is 0 Å². The topological polar surface area (TPSA) is 89.0 Å². The van der Waals surface area contributed by atoms with Crippen LogP contribution in [0.1, 0.15) is 0 Å². The quantitative estimate of drug-likeness (QED) is 0.739. The van der Waals surface area contributed by atoms with Gasteiger partial charge in [-0.05, 0) is 24.3 Å². The summed E-state index contributed by atoms with van der Waals surface area (Å²) >= 11 is 0. The smallest absolute Gasteiger partial charge is 0.258 e. The molecule has 3 rings (SSSR count). The van der Waals surface area contributed by atoms with Crippen molar-refractivity contribution in [3.8, 4) is 23.1 Å². The summed E-state index contributed by atoms with van der Waals surface area (Å²) in [6.07, 6.45) is 3.51. The van der Waals surface area contributed by atoms with Crippen LogP contribution in [0.25, 0.3) is 23.1 Å². The van der Waals surface area contributed by atoms with Crippen LogP contribution in [0.15, 0.2) is 41.2 Å². The summed E-state index contributed by atoms with van der Waals surface area (Å²) in [5, 5.41) is 15.8. The summed E-state index contributed by atoms with van der Waals surface area (Å²) in [5.41, 5.74) is 1.76. The van der Waals surface area contributed by atoms with Crippen molar-refractivity contribution < 1.29 is 9.63 Å². The Labute approximate surface area is 121 Å². The number of aliphatic hydroxyl groups excluding tert-OH is 1. The number of imidazole rings is 1. The molecular weight excluding hydrogens is 270 g/mol. The lowest BCUT2D eigenvalue weighted by Gasteiger charge is -2.03. The highest BCUT2D eigenvalue weighted by Crippen LogP contribution is 2.22. The van der Waals surface area contributed by atoms with Crippen molar-refractivity contribution >= 4 is 5.69 Å². The van der Waals surface area contributed by atoms with Gasteiger partial charge in [0.15, 0.2) is 5.82 Å². The van der Waals surface area contributed by atoms with E-state index in [-0.39, 0.29) is 6.61 Å². The third-order valence-corrected chi connectivity index (χ3v) is 3.02. The number of rotatable bonds is 5. The minimum absolute atomic E-state index is 0.0957. The van der Waals surface area contributed by atoms with Crippen molar-refractivity contribution in [3.05, 3.63) is 36.7 Å². The molecule has 0 radical (unpaired) electrons. The maximum atomic E-state index is 8.77. The predicted octanol–water partition coefficient (Wildman–Crippen LogP) is 1.54. The van der Waals surface area contributed by atoms with Gasteiger partial charge >= 0.3 is 0 Å². The second-order valence-corrected chi connectivity index (χ2v) is 4.51. The molecule has 0 spiro atoms. The van der Waals surface area contributed by atoms with Crippen LogP contribution in [0.2, 0.25) is 0 Å². The summed E-state index contributed by atoms with van der Waals surface area (Å²) in [6.45, 7) is 0.613. The van der Waals surface area contributed by atoms with Gasteiger partial charge in [0, 0.05) is 37.2 Å². The molecule has 0 amide bonds. The number of hydrogen-bond acceptors (Lipinski definition) is 6. The van der Waals surface area contributed by atoms with Gasteiger partial charge in [-0.2, -0.15) is 4.98 Å². The van der Waals surface area contributed by atoms with E-state index in [1.54, 1.807) is 6.20 Å². The lowest BCUT2D eigenvalue weighted by Crippen LogP contribution is -2.04. The number of nitrogens with one attached hydrogen (secondary N) is 1. The first-order valence-electron chi connectivity index (χ1n) is 6.54. The van der Waals surface area contributed by atoms with Crippen molar-refractivity contribution in [1.29, 1.82) is 0 Å². The molecule has 0 fully saturated rings. The third-order valence-electron chi connectivity index (χ3n) is 3.02. The number of nitrogens with zero attached hydrogens (tertiary/aromatic N) is 4. The summed E-state index contributed by atoms with van der Waals surface area (Å²) in [5.74, 6) is 1.56. The van der Waals surface area contributed by atoms with E-state index < -0.39 is 0 Å². The summed E-state index contributed by atoms with van der Waals surface area (Å²) < 4.78 is 7.11. The molecule has 2 heterocycles. The third kappa shape index (κ3) is 2.77. The molecule has 0 atom stereocenters. The summed E-state index contributed by atoms with van der Waals surface area (Å²) in [7, 11) is 1.87. The number of anilines is 1. The van der Waals surface area contributed by atoms with Crippen molar-refractivity contribution in [2.24, 2.45) is 7.05 Å². The van der Waals surface area contributed by atoms with Gasteiger partial charge in [-0.15, -0.1) is 0 Å². The van der Waals surface area contributed by atoms with Crippen LogP contribution >= 0.6 is 0 Å². The van der Waals surface area contributed by atoms with Gasteiger partial charge in [0.2, 0.25) is 5.82 Å². The largest absolute Gasteiger partial charge is 0.395 e. The normalized spacial score (nSPS) is 10.8. The molecule has 0 saturated carbocycles. The molecule has 21 heavy (non-hydrogen) atoms. The van der Waals surface area contributed by atoms with E-state index in [0.717, 1.165) is 11.3 Å². The van der Waals surface area contributed by atoms with Gasteiger partial charge in [0.05, 0.1) is 6.61 Å². The molecule has 0 aliphatic heterocycles. The Balaban J connectivity index is 1.81. The first kappa shape index (κ1) is 13.3. The lowest BCUT2D eigenvalue weighted by molar-refractivity contribution is 0.311. The number of aliphatic hydroxyl groups is 1. The van der Waals surface area contributed by atoms with E-state index >= 15 is 0 Å². The van der Waals surface area contributed by atoms with E-state index in [1.807, 2.05) is 42.1 Å². The van der Waals surface area contributed by atoms with E-state index in [4.69, 9.17) is 9.63 Å². The molecule has 3 aromatic rings. The van der Waals surface area contributed by atoms with E-state index in [9.17, 15) is 0 Å². The standard InChI is InChI=1S/C14H15N5O2/c1-19-8-6-16-13(19)12-17-14(21-18-12)10-2-4-11(5-3-10)15-7-9-20/h2-6,8,15,20H,7,9H2,1H3. The lowest BCUT2D eigenvalue weighted by atomic mass is 10.2. The zero-order valence-corrected chi connectivity index (χ0v) is 11.5. The Bertz CT molecular complexity index is 717. The predicted molar refractivity (Wildman–Crippen MR) is 77.5 cm³/mol. The van der Waals surface area contributed by atoms with Crippen LogP contribution in [0, 0.1) is 0 Å². The Kier molecular flexibility index (Phi) is 3.65. The molecule has 0 saturated heterocycles. The monoisotopic (exact) mass is 285 g/mol. The number of benzene rings is 1. The second-order valence-electron chi connectivity index (χ2n) is 4.51. The fourth-order valence-electron chi connectivity index (χ4n) is 1.94. The summed E-state index contributed by atoms with van der Waals surface area (Å²) in [6, 6.07) is 7.57. The molecule has 0 aliphatic carbocycles. The molecule has 1 aromatic carbocycles. The molecule has 0 bridgehead atoms. The van der Waals surface area contributed by atoms with Gasteiger partial charge in [-0.1, -0.05) is 5.16 Å². The number of hydrogen-bond donors (Lipinski definition) is 2. The minimum Gasteiger partial charge on any atom is -0.395 e. The number of aromatic nitrogens is 4. The SMILES string of the molecule is Cn1ccnc1-c1noc(-c2ccc(NCCO)cc2)n1. The Hall–Kier alpha value is -2.67. The van der Waals surface area contributed by atoms with Crippen LogP contribution < -0.4 is 5.32 Å². The van der Waals surface area contributed by atoms with Gasteiger partial charge in [-0.25, -0.2) is 4.98 Å². The molecule has 7 nitrogen and oxygen atoms in total. The molecule has 0 aliphatic rings. The van der Waals surface area contributed by atoms with Crippen molar-refractivity contribution in [3.63, 3.8) is 0 Å². The molecular formula is C14H15N5O2. The molecule has 2 N–H and O–H groups in total. The van der Waals surface area contributed by atoms with Crippen LogP contribution in [0.4, 0.5) is 5.69 Å². The van der Waals surface area contributed by atoms with Crippen LogP contribution in [0.5, 0.6) is 0 Å².